The maximum atomic E-state index is 12.9. The number of nitrogens with one attached hydrogen (secondary N) is 1. The molecule has 2 aromatic rings. The van der Waals surface area contributed by atoms with Crippen LogP contribution in [0.25, 0.3) is 11.0 Å². The highest BCUT2D eigenvalue weighted by Crippen LogP contribution is 2.22. The summed E-state index contributed by atoms with van der Waals surface area (Å²) >= 11 is 11.1. The van der Waals surface area contributed by atoms with Crippen LogP contribution in [-0.2, 0) is 0 Å². The molecule has 2 rings (SSSR count). The lowest BCUT2D eigenvalue weighted by Gasteiger charge is -1.92. The van der Waals surface area contributed by atoms with Crippen LogP contribution in [0.4, 0.5) is 4.39 Å². The highest BCUT2D eigenvalue weighted by atomic mass is 35.5. The van der Waals surface area contributed by atoms with Crippen molar-refractivity contribution in [3.8, 4) is 0 Å². The van der Waals surface area contributed by atoms with Gasteiger partial charge in [0.2, 0.25) is 5.28 Å². The summed E-state index contributed by atoms with van der Waals surface area (Å²) < 4.78 is 12.9. The van der Waals surface area contributed by atoms with Crippen LogP contribution in [0.2, 0.25) is 10.4 Å². The summed E-state index contributed by atoms with van der Waals surface area (Å²) in [5.41, 5.74) is 0.471. The van der Waals surface area contributed by atoms with Crippen LogP contribution in [0, 0.1) is 5.82 Å². The van der Waals surface area contributed by atoms with Crippen molar-refractivity contribution < 1.29 is 4.39 Å². The van der Waals surface area contributed by atoms with Gasteiger partial charge in [-0.25, -0.2) is 14.4 Å². The molecule has 0 saturated carbocycles. The Morgan fingerprint density at radius 1 is 1.33 bits per heavy atom. The summed E-state index contributed by atoms with van der Waals surface area (Å²) in [5.74, 6) is -0.490. The first-order chi connectivity index (χ1) is 5.68. The summed E-state index contributed by atoms with van der Waals surface area (Å²) in [6.07, 6.45) is 1.15. The molecule has 2 aromatic heterocycles. The van der Waals surface area contributed by atoms with E-state index >= 15 is 0 Å². The van der Waals surface area contributed by atoms with E-state index < -0.39 is 5.82 Å². The second kappa shape index (κ2) is 2.57. The molecule has 0 unspecified atom stereocenters. The molecule has 0 aliphatic carbocycles. The lowest BCUT2D eigenvalue weighted by Crippen LogP contribution is -1.85. The largest absolute Gasteiger partial charge is 0.355 e. The van der Waals surface area contributed by atoms with Crippen molar-refractivity contribution in [2.75, 3.05) is 0 Å². The van der Waals surface area contributed by atoms with Crippen molar-refractivity contribution in [1.82, 2.24) is 15.0 Å². The molecule has 2 heterocycles. The second-order valence-electron chi connectivity index (χ2n) is 2.14. The Kier molecular flexibility index (Phi) is 1.66. The Bertz CT molecular complexity index is 440. The minimum atomic E-state index is -0.490. The van der Waals surface area contributed by atoms with Gasteiger partial charge in [0.1, 0.15) is 11.0 Å². The van der Waals surface area contributed by atoms with Gasteiger partial charge in [-0.3, -0.25) is 0 Å². The van der Waals surface area contributed by atoms with Gasteiger partial charge in [-0.2, -0.15) is 0 Å². The van der Waals surface area contributed by atoms with Gasteiger partial charge in [0.05, 0.1) is 0 Å². The van der Waals surface area contributed by atoms with Gasteiger partial charge in [0.25, 0.3) is 0 Å². The van der Waals surface area contributed by atoms with Gasteiger partial charge >= 0.3 is 0 Å². The van der Waals surface area contributed by atoms with E-state index in [-0.39, 0.29) is 16.0 Å². The predicted octanol–water partition coefficient (Wildman–Crippen LogP) is 2.40. The standard InChI is InChI=1S/C6H2Cl2FN3/c7-5-4-3(2(9)1-10-4)11-6(8)12-5/h1,10H. The van der Waals surface area contributed by atoms with Gasteiger partial charge in [-0.05, 0) is 11.6 Å². The Hall–Kier alpha value is -0.870. The molecule has 0 fully saturated rings. The highest BCUT2D eigenvalue weighted by Gasteiger charge is 2.09. The van der Waals surface area contributed by atoms with Gasteiger partial charge in [-0.1, -0.05) is 11.6 Å². The van der Waals surface area contributed by atoms with Gasteiger partial charge in [0, 0.05) is 6.20 Å². The van der Waals surface area contributed by atoms with Crippen LogP contribution in [0.1, 0.15) is 0 Å². The molecule has 62 valence electrons. The number of fused-ring (bicyclic) bond motifs is 1. The summed E-state index contributed by atoms with van der Waals surface area (Å²) in [4.78, 5) is 9.89. The normalized spacial score (nSPS) is 10.9. The predicted molar refractivity (Wildman–Crippen MR) is 43.9 cm³/mol. The molecular weight excluding hydrogens is 204 g/mol. The zero-order chi connectivity index (χ0) is 8.72. The van der Waals surface area contributed by atoms with E-state index in [0.29, 0.717) is 5.52 Å². The van der Waals surface area contributed by atoms with E-state index in [0.717, 1.165) is 6.20 Å². The van der Waals surface area contributed by atoms with Crippen molar-refractivity contribution in [1.29, 1.82) is 0 Å². The first-order valence-corrected chi connectivity index (χ1v) is 3.79. The Labute approximate surface area is 76.5 Å². The number of rotatable bonds is 0. The van der Waals surface area contributed by atoms with Gasteiger partial charge in [0.15, 0.2) is 11.0 Å². The van der Waals surface area contributed by atoms with Crippen molar-refractivity contribution in [2.24, 2.45) is 0 Å². The molecule has 0 saturated heterocycles. The monoisotopic (exact) mass is 205 g/mol. The number of nitrogens with zero attached hydrogens (tertiary/aromatic N) is 2. The summed E-state index contributed by atoms with van der Waals surface area (Å²) in [5, 5.41) is 0.0555. The van der Waals surface area contributed by atoms with Crippen molar-refractivity contribution >= 4 is 34.2 Å². The number of halogens is 3. The van der Waals surface area contributed by atoms with Crippen molar-refractivity contribution in [3.63, 3.8) is 0 Å². The number of aromatic amines is 1. The van der Waals surface area contributed by atoms with E-state index in [1.165, 1.54) is 0 Å². The molecule has 0 bridgehead atoms. The third-order valence-electron chi connectivity index (χ3n) is 1.41. The van der Waals surface area contributed by atoms with Gasteiger partial charge < -0.3 is 4.98 Å². The maximum absolute atomic E-state index is 12.9. The maximum Gasteiger partial charge on any atom is 0.224 e. The lowest BCUT2D eigenvalue weighted by molar-refractivity contribution is 0.636. The molecule has 0 radical (unpaired) electrons. The van der Waals surface area contributed by atoms with Crippen LogP contribution >= 0.6 is 23.2 Å². The number of hydrogen-bond donors (Lipinski definition) is 1. The molecule has 0 aliphatic heterocycles. The first-order valence-electron chi connectivity index (χ1n) is 3.04. The average Bonchev–Trinajstić information content (AvgIpc) is 2.33. The van der Waals surface area contributed by atoms with E-state index in [2.05, 4.69) is 15.0 Å². The van der Waals surface area contributed by atoms with Gasteiger partial charge in [-0.15, -0.1) is 0 Å². The molecule has 3 nitrogen and oxygen atoms in total. The third kappa shape index (κ3) is 1.04. The summed E-state index contributed by atoms with van der Waals surface area (Å²) in [7, 11) is 0. The first kappa shape index (κ1) is 7.76. The third-order valence-corrected chi connectivity index (χ3v) is 1.85. The summed E-state index contributed by atoms with van der Waals surface area (Å²) in [6.45, 7) is 0. The summed E-state index contributed by atoms with van der Waals surface area (Å²) in [6, 6.07) is 0. The Morgan fingerprint density at radius 3 is 2.83 bits per heavy atom. The molecule has 0 amide bonds. The molecule has 0 spiro atoms. The van der Waals surface area contributed by atoms with Crippen molar-refractivity contribution in [2.45, 2.75) is 0 Å². The number of hydrogen-bond acceptors (Lipinski definition) is 2. The van der Waals surface area contributed by atoms with E-state index in [9.17, 15) is 4.39 Å². The topological polar surface area (TPSA) is 41.6 Å². The Balaban J connectivity index is 2.92. The minimum absolute atomic E-state index is 0.0639. The van der Waals surface area contributed by atoms with Crippen LogP contribution in [-0.4, -0.2) is 15.0 Å². The van der Waals surface area contributed by atoms with E-state index in [1.807, 2.05) is 0 Å². The van der Waals surface area contributed by atoms with Crippen LogP contribution in [0.3, 0.4) is 0 Å². The fourth-order valence-electron chi connectivity index (χ4n) is 0.912. The Morgan fingerprint density at radius 2 is 2.08 bits per heavy atom. The number of aromatic nitrogens is 3. The lowest BCUT2D eigenvalue weighted by atomic mass is 10.4. The van der Waals surface area contributed by atoms with Crippen molar-refractivity contribution in [3.05, 3.63) is 22.5 Å². The smallest absolute Gasteiger partial charge is 0.224 e. The minimum Gasteiger partial charge on any atom is -0.355 e. The molecule has 0 aliphatic rings. The van der Waals surface area contributed by atoms with E-state index in [1.54, 1.807) is 0 Å². The fourth-order valence-corrected chi connectivity index (χ4v) is 1.35. The van der Waals surface area contributed by atoms with E-state index in [4.69, 9.17) is 23.2 Å². The highest BCUT2D eigenvalue weighted by molar-refractivity contribution is 6.35. The van der Waals surface area contributed by atoms with Crippen LogP contribution < -0.4 is 0 Å². The molecule has 6 heteroatoms. The zero-order valence-electron chi connectivity index (χ0n) is 5.61. The molecule has 12 heavy (non-hydrogen) atoms. The van der Waals surface area contributed by atoms with Crippen LogP contribution in [0.5, 0.6) is 0 Å². The molecule has 1 N–H and O–H groups in total. The molecule has 0 aromatic carbocycles. The molecular formula is C6H2Cl2FN3. The SMILES string of the molecule is Fc1c[nH]c2c(Cl)nc(Cl)nc12. The quantitative estimate of drug-likeness (QED) is 0.531. The molecule has 0 atom stereocenters. The zero-order valence-corrected chi connectivity index (χ0v) is 7.12. The average molecular weight is 206 g/mol. The second-order valence-corrected chi connectivity index (χ2v) is 2.84. The van der Waals surface area contributed by atoms with Crippen LogP contribution in [0.15, 0.2) is 6.20 Å². The number of H-pyrrole nitrogens is 1. The fraction of sp³-hybridized carbons (Fsp3) is 0.